The molecule has 218 valence electrons. The predicted octanol–water partition coefficient (Wildman–Crippen LogP) is 3.12. The summed E-state index contributed by atoms with van der Waals surface area (Å²) in [5.74, 6) is -0.452. The molecule has 0 spiro atoms. The molecule has 4 heterocycles. The number of nitrogens with one attached hydrogen (secondary N) is 1. The first-order valence-corrected chi connectivity index (χ1v) is 14.0. The summed E-state index contributed by atoms with van der Waals surface area (Å²) in [7, 11) is 1.52. The van der Waals surface area contributed by atoms with Crippen LogP contribution >= 0.6 is 0 Å². The van der Waals surface area contributed by atoms with Gasteiger partial charge in [-0.1, -0.05) is 12.1 Å². The summed E-state index contributed by atoms with van der Waals surface area (Å²) in [6.45, 7) is -0.509. The molecular weight excluding hydrogens is 552 g/mol. The Labute approximate surface area is 247 Å². The van der Waals surface area contributed by atoms with Gasteiger partial charge in [0.05, 0.1) is 19.2 Å². The molecule has 7 rings (SSSR count). The number of carbonyl (C=O) groups excluding carboxylic acids is 4. The zero-order valence-electron chi connectivity index (χ0n) is 23.4. The molecule has 4 amide bonds. The van der Waals surface area contributed by atoms with Crippen LogP contribution in [0.25, 0.3) is 6.08 Å². The first-order valence-electron chi connectivity index (χ1n) is 14.0. The van der Waals surface area contributed by atoms with E-state index >= 15 is 0 Å². The minimum atomic E-state index is -1.66. The highest BCUT2D eigenvalue weighted by Gasteiger charge is 2.56. The molecule has 0 saturated carbocycles. The molecule has 3 aliphatic heterocycles. The number of pyridine rings is 1. The molecule has 0 unspecified atom stereocenters. The van der Waals surface area contributed by atoms with Crippen molar-refractivity contribution >= 4 is 29.9 Å². The van der Waals surface area contributed by atoms with Crippen LogP contribution in [0.2, 0.25) is 0 Å². The molecule has 1 N–H and O–H groups in total. The fourth-order valence-corrected chi connectivity index (χ4v) is 6.22. The Morgan fingerprint density at radius 1 is 1.07 bits per heavy atom. The summed E-state index contributed by atoms with van der Waals surface area (Å²) in [5.41, 5.74) is 3.35. The van der Waals surface area contributed by atoms with Gasteiger partial charge in [0.2, 0.25) is 0 Å². The Balaban J connectivity index is 1.18. The van der Waals surface area contributed by atoms with Crippen molar-refractivity contribution in [1.82, 2.24) is 20.1 Å². The summed E-state index contributed by atoms with van der Waals surface area (Å²) in [5, 5.41) is 2.82. The number of amides is 4. The summed E-state index contributed by atoms with van der Waals surface area (Å²) in [6, 6.07) is 11.6. The molecule has 3 aromatic rings. The number of rotatable bonds is 7. The molecule has 1 aliphatic carbocycles. The van der Waals surface area contributed by atoms with Crippen molar-refractivity contribution in [2.75, 3.05) is 27.0 Å². The average molecular weight is 581 g/mol. The smallest absolute Gasteiger partial charge is 0.339 e. The molecule has 1 fully saturated rings. The monoisotopic (exact) mass is 580 g/mol. The molecule has 11 heteroatoms. The highest BCUT2D eigenvalue weighted by Crippen LogP contribution is 2.37. The quantitative estimate of drug-likeness (QED) is 0.334. The van der Waals surface area contributed by atoms with E-state index in [1.807, 2.05) is 18.2 Å². The molecule has 2 aromatic carbocycles. The number of ether oxygens (including phenoxy) is 3. The van der Waals surface area contributed by atoms with Crippen molar-refractivity contribution in [2.24, 2.45) is 0 Å². The largest absolute Gasteiger partial charge is 0.497 e. The number of methoxy groups -OCH3 is 1. The predicted molar refractivity (Wildman–Crippen MR) is 152 cm³/mol. The van der Waals surface area contributed by atoms with E-state index < -0.39 is 30.2 Å². The van der Waals surface area contributed by atoms with Gasteiger partial charge in [-0.25, -0.2) is 14.5 Å². The molecule has 43 heavy (non-hydrogen) atoms. The summed E-state index contributed by atoms with van der Waals surface area (Å²) in [6.07, 6.45) is 7.86. The third-order valence-electron chi connectivity index (χ3n) is 8.53. The van der Waals surface area contributed by atoms with Crippen LogP contribution in [0.3, 0.4) is 0 Å². The standard InChI is InChI=1S/C32H28N4O7/c1-41-25-8-7-22-15-35(28(37)26(22)13-25)17-32(24-12-23-14-33-10-9-27(23)42-16-24)30(39)36(31(40)34-32)18-43-29(38)21-6-5-19-3-2-4-20(19)11-21/h5-14H,2-4,15-18H2,1H3,(H,34,40)/t32-/m0/s1. The fourth-order valence-electron chi connectivity index (χ4n) is 6.22. The second-order valence-electron chi connectivity index (χ2n) is 11.0. The van der Waals surface area contributed by atoms with Gasteiger partial charge in [-0.2, -0.15) is 0 Å². The SMILES string of the molecule is COc1ccc2c(c1)C(=O)N(C[C@@]1(C3=Cc4cnccc4OC3)NC(=O)N(COC(=O)c3ccc4c(c3)CCC4)C1=O)C2. The van der Waals surface area contributed by atoms with E-state index in [1.165, 1.54) is 17.6 Å². The number of esters is 1. The number of hydrogen-bond acceptors (Lipinski definition) is 8. The maximum absolute atomic E-state index is 14.2. The molecule has 0 radical (unpaired) electrons. The lowest BCUT2D eigenvalue weighted by Crippen LogP contribution is -2.58. The van der Waals surface area contributed by atoms with Crippen LogP contribution in [-0.4, -0.2) is 71.1 Å². The van der Waals surface area contributed by atoms with Crippen LogP contribution < -0.4 is 14.8 Å². The van der Waals surface area contributed by atoms with E-state index in [1.54, 1.807) is 42.7 Å². The maximum atomic E-state index is 14.2. The number of carbonyl (C=O) groups is 4. The third-order valence-corrected chi connectivity index (χ3v) is 8.53. The van der Waals surface area contributed by atoms with Crippen molar-refractivity contribution in [3.8, 4) is 11.5 Å². The number of benzene rings is 2. The van der Waals surface area contributed by atoms with Gasteiger partial charge in [-0.3, -0.25) is 14.6 Å². The first kappa shape index (κ1) is 26.7. The topological polar surface area (TPSA) is 127 Å². The van der Waals surface area contributed by atoms with Gasteiger partial charge in [-0.15, -0.1) is 0 Å². The Morgan fingerprint density at radius 3 is 2.77 bits per heavy atom. The summed E-state index contributed by atoms with van der Waals surface area (Å²) >= 11 is 0. The molecule has 11 nitrogen and oxygen atoms in total. The van der Waals surface area contributed by atoms with Crippen molar-refractivity contribution < 1.29 is 33.4 Å². The van der Waals surface area contributed by atoms with Gasteiger partial charge in [0.15, 0.2) is 12.3 Å². The van der Waals surface area contributed by atoms with E-state index in [9.17, 15) is 19.2 Å². The number of fused-ring (bicyclic) bond motifs is 3. The average Bonchev–Trinajstić information content (AvgIpc) is 3.69. The Kier molecular flexibility index (Phi) is 6.37. The van der Waals surface area contributed by atoms with Crippen molar-refractivity contribution in [3.05, 3.63) is 93.8 Å². The van der Waals surface area contributed by atoms with Gasteiger partial charge >= 0.3 is 12.0 Å². The Bertz CT molecular complexity index is 1730. The highest BCUT2D eigenvalue weighted by molar-refractivity contribution is 6.10. The molecule has 1 saturated heterocycles. The van der Waals surface area contributed by atoms with Crippen LogP contribution in [0, 0.1) is 0 Å². The first-order chi connectivity index (χ1) is 20.9. The van der Waals surface area contributed by atoms with E-state index in [-0.39, 0.29) is 25.6 Å². The van der Waals surface area contributed by atoms with Gasteiger partial charge in [-0.05, 0) is 72.4 Å². The molecular formula is C32H28N4O7. The van der Waals surface area contributed by atoms with Crippen LogP contribution in [0.15, 0.2) is 60.4 Å². The lowest BCUT2D eigenvalue weighted by molar-refractivity contribution is -0.133. The molecule has 4 aliphatic rings. The normalized spacial score (nSPS) is 20.2. The van der Waals surface area contributed by atoms with Gasteiger partial charge in [0.25, 0.3) is 11.8 Å². The maximum Gasteiger partial charge on any atom is 0.339 e. The summed E-state index contributed by atoms with van der Waals surface area (Å²) < 4.78 is 16.7. The number of aromatic nitrogens is 1. The van der Waals surface area contributed by atoms with Crippen molar-refractivity contribution in [1.29, 1.82) is 0 Å². The van der Waals surface area contributed by atoms with Crippen LogP contribution in [0.1, 0.15) is 49.4 Å². The minimum absolute atomic E-state index is 0.00537. The van der Waals surface area contributed by atoms with Crippen molar-refractivity contribution in [3.63, 3.8) is 0 Å². The lowest BCUT2D eigenvalue weighted by atomic mass is 9.86. The lowest BCUT2D eigenvalue weighted by Gasteiger charge is -2.35. The van der Waals surface area contributed by atoms with Crippen LogP contribution in [0.4, 0.5) is 4.79 Å². The minimum Gasteiger partial charge on any atom is -0.497 e. The zero-order chi connectivity index (χ0) is 29.7. The molecule has 1 aromatic heterocycles. The van der Waals surface area contributed by atoms with E-state index in [2.05, 4.69) is 10.3 Å². The number of aryl methyl sites for hydroxylation is 2. The fraction of sp³-hybridized carbons (Fsp3) is 0.281. The van der Waals surface area contributed by atoms with E-state index in [0.29, 0.717) is 33.8 Å². The number of hydrogen-bond donors (Lipinski definition) is 1. The Morgan fingerprint density at radius 2 is 1.91 bits per heavy atom. The van der Waals surface area contributed by atoms with Gasteiger partial charge in [0.1, 0.15) is 18.1 Å². The van der Waals surface area contributed by atoms with Gasteiger partial charge < -0.3 is 24.4 Å². The van der Waals surface area contributed by atoms with Crippen LogP contribution in [-0.2, 0) is 28.9 Å². The van der Waals surface area contributed by atoms with Crippen molar-refractivity contribution in [2.45, 2.75) is 31.3 Å². The number of nitrogens with zero attached hydrogens (tertiary/aromatic N) is 3. The second-order valence-corrected chi connectivity index (χ2v) is 11.0. The molecule has 1 atom stereocenters. The van der Waals surface area contributed by atoms with E-state index in [0.717, 1.165) is 35.3 Å². The highest BCUT2D eigenvalue weighted by atomic mass is 16.5. The van der Waals surface area contributed by atoms with E-state index in [4.69, 9.17) is 14.2 Å². The Hall–Kier alpha value is -5.19. The second kappa shape index (κ2) is 10.3. The van der Waals surface area contributed by atoms with Gasteiger partial charge in [0, 0.05) is 35.6 Å². The zero-order valence-corrected chi connectivity index (χ0v) is 23.4. The summed E-state index contributed by atoms with van der Waals surface area (Å²) in [4.78, 5) is 60.5. The molecule has 0 bridgehead atoms. The number of urea groups is 1. The third kappa shape index (κ3) is 4.48. The number of imide groups is 1. The van der Waals surface area contributed by atoms with Crippen LogP contribution in [0.5, 0.6) is 11.5 Å².